The zero-order valence-electron chi connectivity index (χ0n) is 13.3. The van der Waals surface area contributed by atoms with Crippen LogP contribution in [-0.2, 0) is 6.42 Å². The Kier molecular flexibility index (Phi) is 5.01. The fraction of sp³-hybridized carbons (Fsp3) is 0.158. The molecule has 1 amide bonds. The average Bonchev–Trinajstić information content (AvgIpc) is 2.98. The molecule has 0 aliphatic carbocycles. The van der Waals surface area contributed by atoms with Crippen LogP contribution in [0, 0.1) is 12.7 Å². The predicted octanol–water partition coefficient (Wildman–Crippen LogP) is 4.23. The highest BCUT2D eigenvalue weighted by molar-refractivity contribution is 7.15. The minimum absolute atomic E-state index is 0.199. The molecule has 0 aliphatic heterocycles. The second-order valence-electron chi connectivity index (χ2n) is 5.41. The fourth-order valence-corrected chi connectivity index (χ4v) is 3.35. The smallest absolute Gasteiger partial charge is 0.271 e. The molecule has 0 fully saturated rings. The molecule has 2 aromatic carbocycles. The Hall–Kier alpha value is -2.53. The summed E-state index contributed by atoms with van der Waals surface area (Å²) in [7, 11) is 0. The molecule has 0 aliphatic rings. The van der Waals surface area contributed by atoms with Gasteiger partial charge in [-0.25, -0.2) is 9.37 Å². The van der Waals surface area contributed by atoms with E-state index in [1.54, 1.807) is 12.1 Å². The third-order valence-electron chi connectivity index (χ3n) is 3.60. The molecular formula is C19H17FN2OS. The lowest BCUT2D eigenvalue weighted by Gasteiger charge is -2.06. The highest BCUT2D eigenvalue weighted by atomic mass is 32.1. The van der Waals surface area contributed by atoms with Crippen molar-refractivity contribution in [2.75, 3.05) is 6.54 Å². The molecule has 24 heavy (non-hydrogen) atoms. The molecule has 0 saturated heterocycles. The van der Waals surface area contributed by atoms with E-state index in [1.807, 2.05) is 37.3 Å². The zero-order chi connectivity index (χ0) is 16.9. The van der Waals surface area contributed by atoms with Gasteiger partial charge in [0.1, 0.15) is 11.5 Å². The van der Waals surface area contributed by atoms with Gasteiger partial charge >= 0.3 is 0 Å². The summed E-state index contributed by atoms with van der Waals surface area (Å²) in [6.07, 6.45) is 0.765. The molecule has 0 spiro atoms. The van der Waals surface area contributed by atoms with E-state index in [4.69, 9.17) is 0 Å². The lowest BCUT2D eigenvalue weighted by Crippen LogP contribution is -2.26. The van der Waals surface area contributed by atoms with Gasteiger partial charge in [0.25, 0.3) is 5.91 Å². The topological polar surface area (TPSA) is 42.0 Å². The van der Waals surface area contributed by atoms with Gasteiger partial charge in [-0.15, -0.1) is 11.3 Å². The number of aromatic nitrogens is 1. The number of carbonyl (C=O) groups is 1. The number of amides is 1. The average molecular weight is 340 g/mol. The van der Waals surface area contributed by atoms with Crippen molar-refractivity contribution >= 4 is 17.2 Å². The molecule has 1 aromatic heterocycles. The van der Waals surface area contributed by atoms with Gasteiger partial charge in [0.2, 0.25) is 0 Å². The second-order valence-corrected chi connectivity index (χ2v) is 6.61. The van der Waals surface area contributed by atoms with Crippen molar-refractivity contribution in [1.82, 2.24) is 10.3 Å². The van der Waals surface area contributed by atoms with E-state index in [9.17, 15) is 9.18 Å². The Morgan fingerprint density at radius 3 is 2.54 bits per heavy atom. The van der Waals surface area contributed by atoms with Crippen LogP contribution in [-0.4, -0.2) is 17.4 Å². The zero-order valence-corrected chi connectivity index (χ0v) is 14.1. The molecule has 3 rings (SSSR count). The quantitative estimate of drug-likeness (QED) is 0.755. The van der Waals surface area contributed by atoms with Crippen molar-refractivity contribution in [1.29, 1.82) is 0 Å². The number of halogens is 1. The maximum Gasteiger partial charge on any atom is 0.271 e. The molecule has 5 heteroatoms. The molecule has 0 saturated carbocycles. The van der Waals surface area contributed by atoms with Crippen LogP contribution in [0.5, 0.6) is 0 Å². The minimum atomic E-state index is -0.297. The molecule has 0 bridgehead atoms. The van der Waals surface area contributed by atoms with Crippen LogP contribution in [0.4, 0.5) is 4.39 Å². The predicted molar refractivity (Wildman–Crippen MR) is 94.7 cm³/mol. The number of thiazole rings is 1. The van der Waals surface area contributed by atoms with Gasteiger partial charge < -0.3 is 5.32 Å². The Balaban J connectivity index is 1.72. The number of hydrogen-bond acceptors (Lipinski definition) is 3. The molecule has 3 nitrogen and oxygen atoms in total. The number of nitrogens with zero attached hydrogens (tertiary/aromatic N) is 1. The van der Waals surface area contributed by atoms with Crippen LogP contribution in [0.25, 0.3) is 10.4 Å². The first-order chi connectivity index (χ1) is 11.6. The third-order valence-corrected chi connectivity index (χ3v) is 4.62. The van der Waals surface area contributed by atoms with Crippen molar-refractivity contribution in [3.8, 4) is 10.4 Å². The summed E-state index contributed by atoms with van der Waals surface area (Å²) < 4.78 is 13.1. The maximum atomic E-state index is 13.1. The first-order valence-corrected chi connectivity index (χ1v) is 8.50. The summed E-state index contributed by atoms with van der Waals surface area (Å²) in [4.78, 5) is 17.6. The number of hydrogen-bond donors (Lipinski definition) is 1. The van der Waals surface area contributed by atoms with E-state index in [-0.39, 0.29) is 11.7 Å². The Labute approximate surface area is 144 Å². The summed E-state index contributed by atoms with van der Waals surface area (Å²) in [6, 6.07) is 16.1. The molecular weight excluding hydrogens is 323 g/mol. The van der Waals surface area contributed by atoms with Gasteiger partial charge in [0, 0.05) is 6.54 Å². The lowest BCUT2D eigenvalue weighted by atomic mass is 10.1. The molecule has 1 N–H and O–H groups in total. The number of aryl methyl sites for hydroxylation is 1. The van der Waals surface area contributed by atoms with E-state index in [0.29, 0.717) is 12.2 Å². The second kappa shape index (κ2) is 7.36. The van der Waals surface area contributed by atoms with E-state index >= 15 is 0 Å². The van der Waals surface area contributed by atoms with E-state index in [2.05, 4.69) is 10.3 Å². The molecule has 0 unspecified atom stereocenters. The molecule has 0 atom stereocenters. The minimum Gasteiger partial charge on any atom is -0.350 e. The molecule has 0 radical (unpaired) electrons. The summed E-state index contributed by atoms with van der Waals surface area (Å²) in [5, 5.41) is 3.72. The lowest BCUT2D eigenvalue weighted by molar-refractivity contribution is 0.0950. The standard InChI is InChI=1S/C19H17FN2OS/c1-13-22-17(18(24-13)15-7-9-16(20)10-8-15)19(23)21-12-11-14-5-3-2-4-6-14/h2-10H,11-12H2,1H3,(H,21,23). The Morgan fingerprint density at radius 2 is 1.83 bits per heavy atom. The SMILES string of the molecule is Cc1nc(C(=O)NCCc2ccccc2)c(-c2ccc(F)cc2)s1. The first-order valence-electron chi connectivity index (χ1n) is 7.69. The van der Waals surface area contributed by atoms with E-state index in [0.717, 1.165) is 21.9 Å². The van der Waals surface area contributed by atoms with Crippen molar-refractivity contribution in [2.45, 2.75) is 13.3 Å². The van der Waals surface area contributed by atoms with Crippen LogP contribution in [0.15, 0.2) is 54.6 Å². The maximum absolute atomic E-state index is 13.1. The van der Waals surface area contributed by atoms with E-state index in [1.165, 1.54) is 29.0 Å². The first kappa shape index (κ1) is 16.3. The Bertz CT molecular complexity index is 828. The monoisotopic (exact) mass is 340 g/mol. The third kappa shape index (κ3) is 3.86. The molecule has 1 heterocycles. The summed E-state index contributed by atoms with van der Waals surface area (Å²) in [6.45, 7) is 2.40. The largest absolute Gasteiger partial charge is 0.350 e. The van der Waals surface area contributed by atoms with Crippen LogP contribution < -0.4 is 5.32 Å². The van der Waals surface area contributed by atoms with Crippen molar-refractivity contribution in [3.05, 3.63) is 76.7 Å². The number of benzene rings is 2. The van der Waals surface area contributed by atoms with Gasteiger partial charge in [0.05, 0.1) is 9.88 Å². The normalized spacial score (nSPS) is 10.6. The van der Waals surface area contributed by atoms with Crippen LogP contribution in [0.1, 0.15) is 21.1 Å². The molecule has 122 valence electrons. The number of rotatable bonds is 5. The van der Waals surface area contributed by atoms with Crippen molar-refractivity contribution < 1.29 is 9.18 Å². The molecule has 3 aromatic rings. The van der Waals surface area contributed by atoms with Crippen LogP contribution >= 0.6 is 11.3 Å². The number of carbonyl (C=O) groups excluding carboxylic acids is 1. The van der Waals surface area contributed by atoms with Gasteiger partial charge in [-0.3, -0.25) is 4.79 Å². The van der Waals surface area contributed by atoms with Gasteiger partial charge in [-0.2, -0.15) is 0 Å². The Morgan fingerprint density at radius 1 is 1.12 bits per heavy atom. The van der Waals surface area contributed by atoms with Gasteiger partial charge in [0.15, 0.2) is 0 Å². The van der Waals surface area contributed by atoms with E-state index < -0.39 is 0 Å². The van der Waals surface area contributed by atoms with Crippen LogP contribution in [0.2, 0.25) is 0 Å². The van der Waals surface area contributed by atoms with Gasteiger partial charge in [-0.1, -0.05) is 42.5 Å². The summed E-state index contributed by atoms with van der Waals surface area (Å²) >= 11 is 1.44. The van der Waals surface area contributed by atoms with Crippen molar-refractivity contribution in [2.24, 2.45) is 0 Å². The van der Waals surface area contributed by atoms with Crippen molar-refractivity contribution in [3.63, 3.8) is 0 Å². The summed E-state index contributed by atoms with van der Waals surface area (Å²) in [5.74, 6) is -0.497. The van der Waals surface area contributed by atoms with Gasteiger partial charge in [-0.05, 0) is 36.6 Å². The van der Waals surface area contributed by atoms with Crippen LogP contribution in [0.3, 0.4) is 0 Å². The number of nitrogens with one attached hydrogen (secondary N) is 1. The summed E-state index contributed by atoms with van der Waals surface area (Å²) in [5.41, 5.74) is 2.37. The highest BCUT2D eigenvalue weighted by Gasteiger charge is 2.18. The fourth-order valence-electron chi connectivity index (χ4n) is 2.43. The highest BCUT2D eigenvalue weighted by Crippen LogP contribution is 2.30.